The number of hydrogen-bond acceptors (Lipinski definition) is 5. The van der Waals surface area contributed by atoms with Crippen molar-refractivity contribution < 1.29 is 32.7 Å². The first-order valence-electron chi connectivity index (χ1n) is 6.57. The summed E-state index contributed by atoms with van der Waals surface area (Å²) >= 11 is 0. The van der Waals surface area contributed by atoms with E-state index in [0.29, 0.717) is 12.1 Å². The fourth-order valence-electron chi connectivity index (χ4n) is 2.34. The predicted octanol–water partition coefficient (Wildman–Crippen LogP) is 0.938. The molecule has 2 heterocycles. The summed E-state index contributed by atoms with van der Waals surface area (Å²) in [6.45, 7) is -0.695. The highest BCUT2D eigenvalue weighted by atomic mass is 19.1. The van der Waals surface area contributed by atoms with Crippen molar-refractivity contribution >= 4 is 5.91 Å². The van der Waals surface area contributed by atoms with Crippen LogP contribution in [-0.2, 0) is 0 Å². The Bertz CT molecular complexity index is 748. The van der Waals surface area contributed by atoms with E-state index in [2.05, 4.69) is 5.16 Å². The molecule has 0 radical (unpaired) electrons. The van der Waals surface area contributed by atoms with Crippen molar-refractivity contribution in [2.24, 2.45) is 0 Å². The highest BCUT2D eigenvalue weighted by Gasteiger charge is 2.44. The standard InChI is InChI=1S/C14H11F3N2O4/c15-7-1-8(16)12(9(17)2-7)10-3-11(23-18-10)13(21)19-4-14(22,5-19)6-20/h1-3,20,22H,4-6H2. The van der Waals surface area contributed by atoms with Crippen LogP contribution in [0.5, 0.6) is 0 Å². The fraction of sp³-hybridized carbons (Fsp3) is 0.286. The summed E-state index contributed by atoms with van der Waals surface area (Å²) in [6, 6.07) is 2.01. The van der Waals surface area contributed by atoms with Crippen molar-refractivity contribution in [3.05, 3.63) is 41.4 Å². The number of carbonyl (C=O) groups is 1. The molecule has 122 valence electrons. The second-order valence-electron chi connectivity index (χ2n) is 5.36. The molecule has 3 rings (SSSR count). The predicted molar refractivity (Wildman–Crippen MR) is 69.8 cm³/mol. The van der Waals surface area contributed by atoms with Gasteiger partial charge in [0.15, 0.2) is 0 Å². The average Bonchev–Trinajstić information content (AvgIpc) is 2.91. The Kier molecular flexibility index (Phi) is 3.61. The lowest BCUT2D eigenvalue weighted by Gasteiger charge is -2.44. The van der Waals surface area contributed by atoms with Gasteiger partial charge >= 0.3 is 0 Å². The van der Waals surface area contributed by atoms with Gasteiger partial charge in [0.2, 0.25) is 5.76 Å². The van der Waals surface area contributed by atoms with Crippen LogP contribution in [0.25, 0.3) is 11.3 Å². The van der Waals surface area contributed by atoms with Crippen LogP contribution < -0.4 is 0 Å². The fourth-order valence-corrected chi connectivity index (χ4v) is 2.34. The molecule has 1 fully saturated rings. The first kappa shape index (κ1) is 15.5. The number of carbonyl (C=O) groups excluding carboxylic acids is 1. The Morgan fingerprint density at radius 1 is 1.26 bits per heavy atom. The third-order valence-corrected chi connectivity index (χ3v) is 3.54. The molecular formula is C14H11F3N2O4. The number of amides is 1. The zero-order valence-electron chi connectivity index (χ0n) is 11.6. The molecule has 23 heavy (non-hydrogen) atoms. The van der Waals surface area contributed by atoms with Gasteiger partial charge in [0.25, 0.3) is 5.91 Å². The number of aliphatic hydroxyl groups excluding tert-OH is 1. The Morgan fingerprint density at radius 3 is 2.43 bits per heavy atom. The van der Waals surface area contributed by atoms with Crippen LogP contribution in [0.2, 0.25) is 0 Å². The van der Waals surface area contributed by atoms with Crippen molar-refractivity contribution in [2.45, 2.75) is 5.60 Å². The van der Waals surface area contributed by atoms with Gasteiger partial charge < -0.3 is 19.6 Å². The summed E-state index contributed by atoms with van der Waals surface area (Å²) in [5.74, 6) is -4.36. The first-order valence-corrected chi connectivity index (χ1v) is 6.57. The molecule has 9 heteroatoms. The third kappa shape index (κ3) is 2.68. The van der Waals surface area contributed by atoms with Gasteiger partial charge in [-0.05, 0) is 0 Å². The number of hydrogen-bond donors (Lipinski definition) is 2. The average molecular weight is 328 g/mol. The summed E-state index contributed by atoms with van der Waals surface area (Å²) in [6.07, 6.45) is 0. The first-order chi connectivity index (χ1) is 10.8. The molecule has 1 aliphatic heterocycles. The summed E-state index contributed by atoms with van der Waals surface area (Å²) in [5.41, 5.74) is -2.25. The number of likely N-dealkylation sites (tertiary alicyclic amines) is 1. The Hall–Kier alpha value is -2.39. The van der Waals surface area contributed by atoms with Gasteiger partial charge in [0.1, 0.15) is 28.7 Å². The maximum Gasteiger partial charge on any atom is 0.292 e. The van der Waals surface area contributed by atoms with Crippen molar-refractivity contribution in [1.82, 2.24) is 10.1 Å². The van der Waals surface area contributed by atoms with E-state index in [4.69, 9.17) is 9.63 Å². The van der Waals surface area contributed by atoms with Crippen LogP contribution in [0.4, 0.5) is 13.2 Å². The second kappa shape index (κ2) is 5.36. The maximum atomic E-state index is 13.7. The smallest absolute Gasteiger partial charge is 0.292 e. The van der Waals surface area contributed by atoms with Crippen molar-refractivity contribution in [3.8, 4) is 11.3 Å². The number of aliphatic hydroxyl groups is 2. The summed E-state index contributed by atoms with van der Waals surface area (Å²) in [4.78, 5) is 13.2. The molecule has 0 saturated carbocycles. The molecule has 6 nitrogen and oxygen atoms in total. The minimum absolute atomic E-state index is 0.0996. The minimum atomic E-state index is -1.35. The van der Waals surface area contributed by atoms with Gasteiger partial charge in [-0.2, -0.15) is 0 Å². The number of nitrogens with zero attached hydrogens (tertiary/aromatic N) is 2. The van der Waals surface area contributed by atoms with Crippen molar-refractivity contribution in [3.63, 3.8) is 0 Å². The molecular weight excluding hydrogens is 317 g/mol. The van der Waals surface area contributed by atoms with E-state index < -0.39 is 41.1 Å². The van der Waals surface area contributed by atoms with Gasteiger partial charge in [0.05, 0.1) is 25.3 Å². The summed E-state index contributed by atoms with van der Waals surface area (Å²) in [7, 11) is 0. The highest BCUT2D eigenvalue weighted by Crippen LogP contribution is 2.28. The van der Waals surface area contributed by atoms with Gasteiger partial charge in [-0.15, -0.1) is 0 Å². The zero-order valence-corrected chi connectivity index (χ0v) is 11.6. The largest absolute Gasteiger partial charge is 0.393 e. The SMILES string of the molecule is O=C(c1cc(-c2c(F)cc(F)cc2F)no1)N1CC(O)(CO)C1. The molecule has 2 N–H and O–H groups in total. The molecule has 0 atom stereocenters. The van der Waals surface area contributed by atoms with Crippen molar-refractivity contribution in [1.29, 1.82) is 0 Å². The van der Waals surface area contributed by atoms with Crippen molar-refractivity contribution in [2.75, 3.05) is 19.7 Å². The van der Waals surface area contributed by atoms with E-state index in [1.807, 2.05) is 0 Å². The maximum absolute atomic E-state index is 13.7. The second-order valence-corrected chi connectivity index (χ2v) is 5.36. The van der Waals surface area contributed by atoms with E-state index in [9.17, 15) is 23.1 Å². The van der Waals surface area contributed by atoms with Crippen LogP contribution in [0.15, 0.2) is 22.7 Å². The number of benzene rings is 1. The highest BCUT2D eigenvalue weighted by molar-refractivity contribution is 5.93. The third-order valence-electron chi connectivity index (χ3n) is 3.54. The lowest BCUT2D eigenvalue weighted by Crippen LogP contribution is -2.65. The number of halogens is 3. The Labute approximate surface area is 127 Å². The molecule has 1 aliphatic rings. The monoisotopic (exact) mass is 328 g/mol. The lowest BCUT2D eigenvalue weighted by atomic mass is 9.95. The van der Waals surface area contributed by atoms with E-state index in [-0.39, 0.29) is 24.5 Å². The number of β-amino-alcohol motifs (C(OH)–C–C–N with tert-alkyl or cyclic N) is 1. The molecule has 1 aromatic heterocycles. The van der Waals surface area contributed by atoms with Gasteiger partial charge in [-0.25, -0.2) is 13.2 Å². The van der Waals surface area contributed by atoms with E-state index in [1.54, 1.807) is 0 Å². The number of rotatable bonds is 3. The minimum Gasteiger partial charge on any atom is -0.393 e. The zero-order chi connectivity index (χ0) is 16.8. The molecule has 0 aliphatic carbocycles. The van der Waals surface area contributed by atoms with Crippen LogP contribution in [-0.4, -0.2) is 51.5 Å². The number of aromatic nitrogens is 1. The van der Waals surface area contributed by atoms with Gasteiger partial charge in [-0.3, -0.25) is 4.79 Å². The van der Waals surface area contributed by atoms with E-state index >= 15 is 0 Å². The topological polar surface area (TPSA) is 86.8 Å². The Balaban J connectivity index is 1.83. The molecule has 2 aromatic rings. The lowest BCUT2D eigenvalue weighted by molar-refractivity contribution is -0.110. The summed E-state index contributed by atoms with van der Waals surface area (Å²) in [5, 5.41) is 22.0. The molecule has 0 unspecified atom stereocenters. The van der Waals surface area contributed by atoms with E-state index in [1.165, 1.54) is 4.90 Å². The van der Waals surface area contributed by atoms with E-state index in [0.717, 1.165) is 6.07 Å². The van der Waals surface area contributed by atoms with Gasteiger partial charge in [0, 0.05) is 18.2 Å². The van der Waals surface area contributed by atoms with Crippen LogP contribution in [0.1, 0.15) is 10.6 Å². The van der Waals surface area contributed by atoms with Crippen LogP contribution >= 0.6 is 0 Å². The summed E-state index contributed by atoms with van der Waals surface area (Å²) < 4.78 is 45.0. The molecule has 1 saturated heterocycles. The molecule has 1 aromatic carbocycles. The van der Waals surface area contributed by atoms with Crippen LogP contribution in [0.3, 0.4) is 0 Å². The van der Waals surface area contributed by atoms with Crippen LogP contribution in [0, 0.1) is 17.5 Å². The normalized spacial score (nSPS) is 16.3. The Morgan fingerprint density at radius 2 is 1.87 bits per heavy atom. The quantitative estimate of drug-likeness (QED) is 0.876. The molecule has 0 spiro atoms. The molecule has 0 bridgehead atoms. The van der Waals surface area contributed by atoms with Gasteiger partial charge in [-0.1, -0.05) is 5.16 Å². The molecule has 1 amide bonds.